The molecule has 0 spiro atoms. The first kappa shape index (κ1) is 14.6. The Balaban J connectivity index is 2.03. The Morgan fingerprint density at radius 2 is 2.10 bits per heavy atom. The fourth-order valence-electron chi connectivity index (χ4n) is 1.72. The second-order valence-corrected chi connectivity index (χ2v) is 5.41. The SMILES string of the molecule is Cc1nc(C)c(CNc2ccc(OC(F)F)c(F)c2)s1. The van der Waals surface area contributed by atoms with Crippen LogP contribution in [-0.4, -0.2) is 11.6 Å². The molecule has 0 aliphatic heterocycles. The number of halogens is 3. The van der Waals surface area contributed by atoms with Crippen LogP contribution in [0.3, 0.4) is 0 Å². The minimum absolute atomic E-state index is 0.463. The molecule has 0 aliphatic rings. The average Bonchev–Trinajstić information content (AvgIpc) is 2.68. The lowest BCUT2D eigenvalue weighted by Gasteiger charge is -2.09. The average molecular weight is 302 g/mol. The van der Waals surface area contributed by atoms with Crippen molar-refractivity contribution >= 4 is 17.0 Å². The third kappa shape index (κ3) is 3.63. The molecule has 7 heteroatoms. The number of thiazole rings is 1. The van der Waals surface area contributed by atoms with Crippen molar-refractivity contribution in [2.45, 2.75) is 27.0 Å². The summed E-state index contributed by atoms with van der Waals surface area (Å²) in [6.07, 6.45) is 0. The predicted molar refractivity (Wildman–Crippen MR) is 71.9 cm³/mol. The number of benzene rings is 1. The number of alkyl halides is 2. The van der Waals surface area contributed by atoms with Gasteiger partial charge in [0.2, 0.25) is 0 Å². The standard InChI is InChI=1S/C13H13F3N2OS/c1-7-12(20-8(2)18-7)6-17-9-3-4-11(10(14)5-9)19-13(15)16/h3-5,13,17H,6H2,1-2H3. The van der Waals surface area contributed by atoms with E-state index in [1.165, 1.54) is 12.1 Å². The van der Waals surface area contributed by atoms with E-state index in [0.29, 0.717) is 12.2 Å². The lowest BCUT2D eigenvalue weighted by atomic mass is 10.3. The molecule has 0 atom stereocenters. The van der Waals surface area contributed by atoms with E-state index in [1.54, 1.807) is 11.3 Å². The molecule has 0 radical (unpaired) electrons. The van der Waals surface area contributed by atoms with Gasteiger partial charge in [-0.25, -0.2) is 9.37 Å². The Hall–Kier alpha value is -1.76. The topological polar surface area (TPSA) is 34.2 Å². The lowest BCUT2D eigenvalue weighted by molar-refractivity contribution is -0.0521. The van der Waals surface area contributed by atoms with Crippen molar-refractivity contribution in [3.63, 3.8) is 0 Å². The number of nitrogens with zero attached hydrogens (tertiary/aromatic N) is 1. The van der Waals surface area contributed by atoms with Crippen molar-refractivity contribution in [3.8, 4) is 5.75 Å². The van der Waals surface area contributed by atoms with Gasteiger partial charge >= 0.3 is 6.61 Å². The van der Waals surface area contributed by atoms with E-state index in [2.05, 4.69) is 15.0 Å². The highest BCUT2D eigenvalue weighted by molar-refractivity contribution is 7.11. The molecule has 0 bridgehead atoms. The highest BCUT2D eigenvalue weighted by Gasteiger charge is 2.10. The van der Waals surface area contributed by atoms with Crippen LogP contribution in [0.25, 0.3) is 0 Å². The van der Waals surface area contributed by atoms with Gasteiger partial charge in [-0.15, -0.1) is 11.3 Å². The van der Waals surface area contributed by atoms with E-state index in [9.17, 15) is 13.2 Å². The van der Waals surface area contributed by atoms with Crippen LogP contribution in [-0.2, 0) is 6.54 Å². The number of hydrogen-bond acceptors (Lipinski definition) is 4. The monoisotopic (exact) mass is 302 g/mol. The summed E-state index contributed by atoms with van der Waals surface area (Å²) in [5, 5.41) is 3.99. The molecular formula is C13H13F3N2OS. The summed E-state index contributed by atoms with van der Waals surface area (Å²) in [5.41, 5.74) is 1.42. The molecule has 0 unspecified atom stereocenters. The van der Waals surface area contributed by atoms with Crippen molar-refractivity contribution in [3.05, 3.63) is 39.6 Å². The fraction of sp³-hybridized carbons (Fsp3) is 0.308. The normalized spacial score (nSPS) is 10.9. The molecule has 20 heavy (non-hydrogen) atoms. The molecule has 2 aromatic rings. The van der Waals surface area contributed by atoms with Gasteiger partial charge in [-0.1, -0.05) is 0 Å². The van der Waals surface area contributed by atoms with Gasteiger partial charge in [0.15, 0.2) is 11.6 Å². The number of aromatic nitrogens is 1. The zero-order chi connectivity index (χ0) is 14.7. The Kier molecular flexibility index (Phi) is 4.49. The van der Waals surface area contributed by atoms with Crippen molar-refractivity contribution < 1.29 is 17.9 Å². The second-order valence-electron chi connectivity index (χ2n) is 4.12. The van der Waals surface area contributed by atoms with Gasteiger partial charge in [0, 0.05) is 16.6 Å². The summed E-state index contributed by atoms with van der Waals surface area (Å²) in [6.45, 7) is 1.29. The molecule has 1 heterocycles. The van der Waals surface area contributed by atoms with Gasteiger partial charge in [-0.2, -0.15) is 8.78 Å². The molecule has 3 nitrogen and oxygen atoms in total. The van der Waals surface area contributed by atoms with Crippen LogP contribution in [0.15, 0.2) is 18.2 Å². The van der Waals surface area contributed by atoms with Gasteiger partial charge in [-0.3, -0.25) is 0 Å². The molecule has 0 saturated heterocycles. The lowest BCUT2D eigenvalue weighted by Crippen LogP contribution is -2.04. The molecule has 0 amide bonds. The second kappa shape index (κ2) is 6.13. The molecule has 108 valence electrons. The molecule has 1 N–H and O–H groups in total. The van der Waals surface area contributed by atoms with Crippen LogP contribution < -0.4 is 10.1 Å². The number of anilines is 1. The van der Waals surface area contributed by atoms with Crippen LogP contribution >= 0.6 is 11.3 Å². The van der Waals surface area contributed by atoms with Crippen LogP contribution in [0.2, 0.25) is 0 Å². The van der Waals surface area contributed by atoms with Crippen molar-refractivity contribution in [1.29, 1.82) is 0 Å². The Morgan fingerprint density at radius 3 is 2.65 bits per heavy atom. The number of nitrogens with one attached hydrogen (secondary N) is 1. The zero-order valence-corrected chi connectivity index (χ0v) is 11.7. The Bertz CT molecular complexity index is 601. The van der Waals surface area contributed by atoms with Gasteiger partial charge < -0.3 is 10.1 Å². The smallest absolute Gasteiger partial charge is 0.387 e. The van der Waals surface area contributed by atoms with Crippen LogP contribution in [0.1, 0.15) is 15.6 Å². The van der Waals surface area contributed by atoms with E-state index in [0.717, 1.165) is 21.6 Å². The predicted octanol–water partition coefficient (Wildman–Crippen LogP) is 4.11. The largest absolute Gasteiger partial charge is 0.432 e. The molecular weight excluding hydrogens is 289 g/mol. The van der Waals surface area contributed by atoms with Gasteiger partial charge in [0.1, 0.15) is 0 Å². The van der Waals surface area contributed by atoms with Gasteiger partial charge in [-0.05, 0) is 26.0 Å². The van der Waals surface area contributed by atoms with Crippen LogP contribution in [0.4, 0.5) is 18.9 Å². The van der Waals surface area contributed by atoms with E-state index in [1.807, 2.05) is 13.8 Å². The molecule has 0 aliphatic carbocycles. The summed E-state index contributed by atoms with van der Waals surface area (Å²) in [5.74, 6) is -1.29. The number of ether oxygens (including phenoxy) is 1. The summed E-state index contributed by atoms with van der Waals surface area (Å²) >= 11 is 1.56. The van der Waals surface area contributed by atoms with E-state index < -0.39 is 18.2 Å². The molecule has 0 fully saturated rings. The quantitative estimate of drug-likeness (QED) is 0.902. The molecule has 1 aromatic heterocycles. The van der Waals surface area contributed by atoms with Gasteiger partial charge in [0.05, 0.1) is 17.2 Å². The van der Waals surface area contributed by atoms with E-state index >= 15 is 0 Å². The highest BCUT2D eigenvalue weighted by atomic mass is 32.1. The zero-order valence-electron chi connectivity index (χ0n) is 10.9. The maximum atomic E-state index is 13.5. The van der Waals surface area contributed by atoms with E-state index in [-0.39, 0.29) is 0 Å². The summed E-state index contributed by atoms with van der Waals surface area (Å²) in [6, 6.07) is 3.79. The van der Waals surface area contributed by atoms with Crippen molar-refractivity contribution in [1.82, 2.24) is 4.98 Å². The first-order chi connectivity index (χ1) is 9.45. The molecule has 0 saturated carbocycles. The molecule has 2 rings (SSSR count). The third-order valence-electron chi connectivity index (χ3n) is 2.60. The summed E-state index contributed by atoms with van der Waals surface area (Å²) < 4.78 is 41.6. The maximum Gasteiger partial charge on any atom is 0.387 e. The van der Waals surface area contributed by atoms with Crippen molar-refractivity contribution in [2.75, 3.05) is 5.32 Å². The fourth-order valence-corrected chi connectivity index (χ4v) is 2.60. The third-order valence-corrected chi connectivity index (χ3v) is 3.67. The first-order valence-electron chi connectivity index (χ1n) is 5.87. The molecule has 1 aromatic carbocycles. The first-order valence-corrected chi connectivity index (χ1v) is 6.68. The Morgan fingerprint density at radius 1 is 1.35 bits per heavy atom. The van der Waals surface area contributed by atoms with Crippen molar-refractivity contribution in [2.24, 2.45) is 0 Å². The minimum atomic E-state index is -3.04. The summed E-state index contributed by atoms with van der Waals surface area (Å²) in [7, 11) is 0. The Labute approximate surface area is 118 Å². The number of aryl methyl sites for hydroxylation is 2. The maximum absolute atomic E-state index is 13.5. The van der Waals surface area contributed by atoms with Crippen LogP contribution in [0, 0.1) is 19.7 Å². The van der Waals surface area contributed by atoms with Gasteiger partial charge in [0.25, 0.3) is 0 Å². The minimum Gasteiger partial charge on any atom is -0.432 e. The summed E-state index contributed by atoms with van der Waals surface area (Å²) in [4.78, 5) is 5.34. The van der Waals surface area contributed by atoms with E-state index in [4.69, 9.17) is 0 Å². The van der Waals surface area contributed by atoms with Crippen LogP contribution in [0.5, 0.6) is 5.75 Å². The number of rotatable bonds is 5. The highest BCUT2D eigenvalue weighted by Crippen LogP contribution is 2.24. The number of hydrogen-bond donors (Lipinski definition) is 1.